The SMILES string of the molecule is O=C1OC(=O)c2c(Br)cccc21.O=C1OC(=O)c2c(Cl)cccc21. The fourth-order valence-electron chi connectivity index (χ4n) is 2.18. The van der Waals surface area contributed by atoms with Crippen LogP contribution in [0.4, 0.5) is 0 Å². The molecule has 2 aromatic carbocycles. The Bertz CT molecular complexity index is 845. The van der Waals surface area contributed by atoms with Crippen LogP contribution in [0, 0.1) is 0 Å². The molecule has 0 unspecified atom stereocenters. The number of rotatable bonds is 0. The van der Waals surface area contributed by atoms with Crippen LogP contribution in [0.2, 0.25) is 5.02 Å². The van der Waals surface area contributed by atoms with Gasteiger partial charge < -0.3 is 9.47 Å². The number of esters is 4. The lowest BCUT2D eigenvalue weighted by molar-refractivity contribution is 0.0425. The van der Waals surface area contributed by atoms with Crippen LogP contribution < -0.4 is 0 Å². The van der Waals surface area contributed by atoms with Crippen LogP contribution in [0.1, 0.15) is 41.4 Å². The zero-order valence-corrected chi connectivity index (χ0v) is 14.0. The quantitative estimate of drug-likeness (QED) is 0.489. The molecule has 0 amide bonds. The zero-order valence-electron chi connectivity index (χ0n) is 11.7. The number of cyclic esters (lactones) is 4. The highest BCUT2D eigenvalue weighted by Crippen LogP contribution is 2.27. The van der Waals surface area contributed by atoms with Crippen molar-refractivity contribution in [2.75, 3.05) is 0 Å². The van der Waals surface area contributed by atoms with Crippen LogP contribution in [-0.4, -0.2) is 23.9 Å². The highest BCUT2D eigenvalue weighted by molar-refractivity contribution is 9.10. The minimum absolute atomic E-state index is 0.171. The molecule has 2 aliphatic rings. The van der Waals surface area contributed by atoms with Gasteiger partial charge in [-0.2, -0.15) is 0 Å². The van der Waals surface area contributed by atoms with Gasteiger partial charge in [0.05, 0.1) is 27.3 Å². The fourth-order valence-corrected chi connectivity index (χ4v) is 2.96. The number of hydrogen-bond acceptors (Lipinski definition) is 6. The van der Waals surface area contributed by atoms with Gasteiger partial charge in [0.15, 0.2) is 0 Å². The van der Waals surface area contributed by atoms with Crippen molar-refractivity contribution in [3.63, 3.8) is 0 Å². The Kier molecular flexibility index (Phi) is 4.21. The van der Waals surface area contributed by atoms with E-state index in [-0.39, 0.29) is 16.1 Å². The molecule has 0 saturated carbocycles. The van der Waals surface area contributed by atoms with Crippen LogP contribution in [0.15, 0.2) is 40.9 Å². The first-order valence-electron chi connectivity index (χ1n) is 6.50. The van der Waals surface area contributed by atoms with Crippen molar-refractivity contribution >= 4 is 51.4 Å². The topological polar surface area (TPSA) is 86.7 Å². The zero-order chi connectivity index (χ0) is 17.4. The average molecular weight is 410 g/mol. The van der Waals surface area contributed by atoms with Crippen molar-refractivity contribution < 1.29 is 28.7 Å². The maximum atomic E-state index is 11.0. The summed E-state index contributed by atoms with van der Waals surface area (Å²) in [6.45, 7) is 0. The molecule has 0 radical (unpaired) electrons. The predicted octanol–water partition coefficient (Wildman–Crippen LogP) is 3.41. The highest BCUT2D eigenvalue weighted by atomic mass is 79.9. The minimum Gasteiger partial charge on any atom is -0.386 e. The largest absolute Gasteiger partial charge is 0.386 e. The van der Waals surface area contributed by atoms with Gasteiger partial charge in [0, 0.05) is 4.47 Å². The van der Waals surface area contributed by atoms with E-state index in [2.05, 4.69) is 25.4 Å². The van der Waals surface area contributed by atoms with Gasteiger partial charge in [-0.05, 0) is 40.2 Å². The number of fused-ring (bicyclic) bond motifs is 2. The third-order valence-corrected chi connectivity index (χ3v) is 4.22. The van der Waals surface area contributed by atoms with Gasteiger partial charge in [0.1, 0.15) is 0 Å². The molecule has 0 spiro atoms. The number of ether oxygens (including phenoxy) is 2. The molecule has 4 rings (SSSR count). The van der Waals surface area contributed by atoms with Crippen molar-refractivity contribution in [1.82, 2.24) is 0 Å². The van der Waals surface area contributed by atoms with Gasteiger partial charge >= 0.3 is 23.9 Å². The molecule has 0 bridgehead atoms. The van der Waals surface area contributed by atoms with E-state index in [9.17, 15) is 19.2 Å². The van der Waals surface area contributed by atoms with E-state index in [1.165, 1.54) is 6.07 Å². The molecular formula is C16H6BrClO6. The first kappa shape index (κ1) is 16.4. The third-order valence-electron chi connectivity index (χ3n) is 3.25. The van der Waals surface area contributed by atoms with Gasteiger partial charge in [-0.25, -0.2) is 19.2 Å². The Labute approximate surface area is 148 Å². The summed E-state index contributed by atoms with van der Waals surface area (Å²) >= 11 is 8.84. The summed E-state index contributed by atoms with van der Waals surface area (Å²) in [4.78, 5) is 43.9. The Morgan fingerprint density at radius 3 is 1.75 bits per heavy atom. The van der Waals surface area contributed by atoms with Crippen LogP contribution >= 0.6 is 27.5 Å². The predicted molar refractivity (Wildman–Crippen MR) is 85.1 cm³/mol. The first-order valence-corrected chi connectivity index (χ1v) is 7.67. The maximum Gasteiger partial charge on any atom is 0.348 e. The van der Waals surface area contributed by atoms with Crippen molar-refractivity contribution in [1.29, 1.82) is 0 Å². The Morgan fingerprint density at radius 1 is 0.708 bits per heavy atom. The summed E-state index contributed by atoms with van der Waals surface area (Å²) in [5.74, 6) is -2.45. The third kappa shape index (κ3) is 2.72. The monoisotopic (exact) mass is 408 g/mol. The minimum atomic E-state index is -0.666. The van der Waals surface area contributed by atoms with E-state index < -0.39 is 23.9 Å². The van der Waals surface area contributed by atoms with Gasteiger partial charge in [-0.1, -0.05) is 23.7 Å². The Morgan fingerprint density at radius 2 is 1.21 bits per heavy atom. The normalized spacial score (nSPS) is 14.4. The maximum absolute atomic E-state index is 11.0. The Balaban J connectivity index is 0.000000141. The second-order valence-corrected chi connectivity index (χ2v) is 5.94. The lowest BCUT2D eigenvalue weighted by Crippen LogP contribution is -1.97. The molecule has 2 heterocycles. The number of carbonyl (C=O) groups is 4. The van der Waals surface area contributed by atoms with Crippen LogP contribution in [-0.2, 0) is 9.47 Å². The van der Waals surface area contributed by atoms with Gasteiger partial charge in [0.25, 0.3) is 0 Å². The van der Waals surface area contributed by atoms with E-state index in [4.69, 9.17) is 11.6 Å². The molecule has 8 heteroatoms. The smallest absolute Gasteiger partial charge is 0.348 e. The lowest BCUT2D eigenvalue weighted by Gasteiger charge is -1.93. The second kappa shape index (κ2) is 6.18. The van der Waals surface area contributed by atoms with E-state index in [0.29, 0.717) is 15.6 Å². The van der Waals surface area contributed by atoms with Gasteiger partial charge in [-0.15, -0.1) is 0 Å². The van der Waals surface area contributed by atoms with Crippen molar-refractivity contribution in [3.05, 3.63) is 68.1 Å². The van der Waals surface area contributed by atoms with E-state index in [1.54, 1.807) is 30.3 Å². The van der Waals surface area contributed by atoms with Crippen molar-refractivity contribution in [2.45, 2.75) is 0 Å². The molecular weight excluding hydrogens is 404 g/mol. The van der Waals surface area contributed by atoms with Crippen LogP contribution in [0.5, 0.6) is 0 Å². The molecule has 24 heavy (non-hydrogen) atoms. The summed E-state index contributed by atoms with van der Waals surface area (Å²) < 4.78 is 9.35. The standard InChI is InChI=1S/C8H3BrO3.C8H3ClO3/c2*9-5-3-1-2-4-6(5)8(11)12-7(4)10/h2*1-3H. The average Bonchev–Trinajstić information content (AvgIpc) is 2.99. The number of benzene rings is 2. The van der Waals surface area contributed by atoms with Crippen molar-refractivity contribution in [3.8, 4) is 0 Å². The lowest BCUT2D eigenvalue weighted by atomic mass is 10.1. The molecule has 0 fully saturated rings. The number of hydrogen-bond donors (Lipinski definition) is 0. The van der Waals surface area contributed by atoms with Gasteiger partial charge in [0.2, 0.25) is 0 Å². The molecule has 0 saturated heterocycles. The van der Waals surface area contributed by atoms with E-state index >= 15 is 0 Å². The van der Waals surface area contributed by atoms with Crippen molar-refractivity contribution in [2.24, 2.45) is 0 Å². The molecule has 0 N–H and O–H groups in total. The van der Waals surface area contributed by atoms with Crippen LogP contribution in [0.3, 0.4) is 0 Å². The van der Waals surface area contributed by atoms with E-state index in [1.807, 2.05) is 0 Å². The first-order chi connectivity index (χ1) is 11.4. The highest BCUT2D eigenvalue weighted by Gasteiger charge is 2.32. The number of carbonyl (C=O) groups excluding carboxylic acids is 4. The van der Waals surface area contributed by atoms with E-state index in [0.717, 1.165) is 0 Å². The fraction of sp³-hybridized carbons (Fsp3) is 0. The molecule has 0 aliphatic carbocycles. The molecule has 0 atom stereocenters. The number of halogens is 2. The molecule has 0 aromatic heterocycles. The summed E-state index contributed by atoms with van der Waals surface area (Å²) in [7, 11) is 0. The summed E-state index contributed by atoms with van der Waals surface area (Å²) in [5.41, 5.74) is 1.06. The van der Waals surface area contributed by atoms with Gasteiger partial charge in [-0.3, -0.25) is 0 Å². The summed E-state index contributed by atoms with van der Waals surface area (Å²) in [5, 5.41) is 0.253. The molecule has 120 valence electrons. The molecule has 2 aliphatic heterocycles. The molecule has 6 nitrogen and oxygen atoms in total. The molecule has 2 aromatic rings. The van der Waals surface area contributed by atoms with Crippen LogP contribution in [0.25, 0.3) is 0 Å². The summed E-state index contributed by atoms with van der Waals surface area (Å²) in [6, 6.07) is 9.59. The second-order valence-electron chi connectivity index (χ2n) is 4.68. The Hall–Kier alpha value is -2.51. The summed E-state index contributed by atoms with van der Waals surface area (Å²) in [6.07, 6.45) is 0.